The molecule has 1 saturated heterocycles. The molecule has 1 fully saturated rings. The van der Waals surface area contributed by atoms with E-state index in [4.69, 9.17) is 0 Å². The number of hydrogen-bond donors (Lipinski definition) is 0. The summed E-state index contributed by atoms with van der Waals surface area (Å²) in [4.78, 5) is 28.5. The van der Waals surface area contributed by atoms with Gasteiger partial charge >= 0.3 is 0 Å². The molecule has 0 unspecified atom stereocenters. The Hall–Kier alpha value is -2.22. The van der Waals surface area contributed by atoms with Gasteiger partial charge in [-0.1, -0.05) is 0 Å². The summed E-state index contributed by atoms with van der Waals surface area (Å²) in [6, 6.07) is 0.255. The number of aromatic nitrogens is 2. The van der Waals surface area contributed by atoms with Crippen molar-refractivity contribution in [1.29, 1.82) is 0 Å². The first kappa shape index (κ1) is 18.6. The van der Waals surface area contributed by atoms with Gasteiger partial charge in [0.05, 0.1) is 6.20 Å². The third-order valence-electron chi connectivity index (χ3n) is 5.38. The fourth-order valence-corrected chi connectivity index (χ4v) is 4.05. The minimum absolute atomic E-state index is 0.0465. The molecule has 26 heavy (non-hydrogen) atoms. The van der Waals surface area contributed by atoms with Gasteiger partial charge in [0.2, 0.25) is 5.91 Å². The fraction of sp³-hybridized carbons (Fsp3) is 0.667. The van der Waals surface area contributed by atoms with Crippen molar-refractivity contribution < 1.29 is 9.59 Å². The first-order chi connectivity index (χ1) is 12.4. The van der Waals surface area contributed by atoms with Crippen molar-refractivity contribution >= 4 is 17.5 Å². The lowest BCUT2D eigenvalue weighted by Crippen LogP contribution is -2.45. The largest absolute Gasteiger partial charge is 0.340 e. The Morgan fingerprint density at radius 2 is 2.08 bits per heavy atom. The smallest absolute Gasteiger partial charge is 0.269 e. The van der Waals surface area contributed by atoms with Crippen LogP contribution in [-0.2, 0) is 16.6 Å². The summed E-state index contributed by atoms with van der Waals surface area (Å²) >= 11 is 0. The predicted octanol–water partition coefficient (Wildman–Crippen LogP) is 0.870. The van der Waals surface area contributed by atoms with E-state index in [0.29, 0.717) is 31.0 Å². The first-order valence-electron chi connectivity index (χ1n) is 9.15. The van der Waals surface area contributed by atoms with Crippen molar-refractivity contribution in [1.82, 2.24) is 24.6 Å². The summed E-state index contributed by atoms with van der Waals surface area (Å²) in [6.07, 6.45) is 6.95. The second-order valence-corrected chi connectivity index (χ2v) is 7.42. The topological polar surface area (TPSA) is 74.0 Å². The van der Waals surface area contributed by atoms with Crippen LogP contribution in [0.25, 0.3) is 0 Å². The molecule has 1 aromatic rings. The van der Waals surface area contributed by atoms with Crippen molar-refractivity contribution in [2.75, 3.05) is 34.2 Å². The van der Waals surface area contributed by atoms with E-state index in [1.54, 1.807) is 11.9 Å². The molecule has 0 aliphatic carbocycles. The number of nitrogens with zero attached hydrogens (tertiary/aromatic N) is 6. The van der Waals surface area contributed by atoms with Crippen molar-refractivity contribution in [3.8, 4) is 0 Å². The van der Waals surface area contributed by atoms with Crippen LogP contribution in [-0.4, -0.2) is 76.3 Å². The van der Waals surface area contributed by atoms with Gasteiger partial charge in [-0.05, 0) is 32.4 Å². The van der Waals surface area contributed by atoms with Crippen LogP contribution in [0.5, 0.6) is 0 Å². The van der Waals surface area contributed by atoms with Gasteiger partial charge in [-0.3, -0.25) is 19.2 Å². The van der Waals surface area contributed by atoms with E-state index in [2.05, 4.69) is 28.3 Å². The van der Waals surface area contributed by atoms with Gasteiger partial charge in [0.25, 0.3) is 5.91 Å². The highest BCUT2D eigenvalue weighted by molar-refractivity contribution is 6.39. The summed E-state index contributed by atoms with van der Waals surface area (Å²) in [5.41, 5.74) is 1.66. The number of carbonyl (C=O) groups is 2. The Bertz CT molecular complexity index is 712. The van der Waals surface area contributed by atoms with Crippen LogP contribution in [0.1, 0.15) is 37.3 Å². The van der Waals surface area contributed by atoms with Gasteiger partial charge in [-0.2, -0.15) is 10.2 Å². The number of piperidine rings is 1. The van der Waals surface area contributed by atoms with E-state index < -0.39 is 0 Å². The maximum atomic E-state index is 12.8. The fourth-order valence-electron chi connectivity index (χ4n) is 4.05. The molecule has 2 aliphatic rings. The molecule has 8 nitrogen and oxygen atoms in total. The summed E-state index contributed by atoms with van der Waals surface area (Å²) in [5, 5.41) is 9.75. The molecule has 3 rings (SSSR count). The zero-order valence-electron chi connectivity index (χ0n) is 16.1. The quantitative estimate of drug-likeness (QED) is 0.799. The standard InChI is InChI=1S/C18H28N6O2/c1-21-9-5-6-13(17(21)14-10-19-23(3)12-14)11-22(2)18(26)15-7-8-16(25)24(4)20-15/h10,12-13,17H,5-9,11H2,1-4H3/t13-,17+/m0/s1. The zero-order valence-corrected chi connectivity index (χ0v) is 16.1. The number of hydrazone groups is 1. The van der Waals surface area contributed by atoms with Gasteiger partial charge in [0.15, 0.2) is 0 Å². The first-order valence-corrected chi connectivity index (χ1v) is 9.15. The number of hydrogen-bond acceptors (Lipinski definition) is 5. The van der Waals surface area contributed by atoms with Crippen LogP contribution in [0.3, 0.4) is 0 Å². The third-order valence-corrected chi connectivity index (χ3v) is 5.38. The van der Waals surface area contributed by atoms with Crippen molar-refractivity contribution in [3.63, 3.8) is 0 Å². The summed E-state index contributed by atoms with van der Waals surface area (Å²) in [5.74, 6) is 0.215. The summed E-state index contributed by atoms with van der Waals surface area (Å²) in [6.45, 7) is 1.72. The molecule has 2 atom stereocenters. The maximum absolute atomic E-state index is 12.8. The highest BCUT2D eigenvalue weighted by Gasteiger charge is 2.34. The minimum Gasteiger partial charge on any atom is -0.340 e. The lowest BCUT2D eigenvalue weighted by molar-refractivity contribution is -0.130. The van der Waals surface area contributed by atoms with Gasteiger partial charge in [-0.15, -0.1) is 0 Å². The van der Waals surface area contributed by atoms with Crippen LogP contribution in [0, 0.1) is 5.92 Å². The predicted molar refractivity (Wildman–Crippen MR) is 98.4 cm³/mol. The minimum atomic E-state index is -0.0810. The van der Waals surface area contributed by atoms with Gasteiger partial charge in [0.1, 0.15) is 5.71 Å². The molecule has 3 heterocycles. The molecule has 0 radical (unpaired) electrons. The second-order valence-electron chi connectivity index (χ2n) is 7.42. The van der Waals surface area contributed by atoms with Crippen LogP contribution in [0.2, 0.25) is 0 Å². The molecule has 2 amide bonds. The van der Waals surface area contributed by atoms with Crippen molar-refractivity contribution in [2.24, 2.45) is 18.1 Å². The van der Waals surface area contributed by atoms with E-state index in [1.807, 2.05) is 25.0 Å². The van der Waals surface area contributed by atoms with Crippen LogP contribution >= 0.6 is 0 Å². The van der Waals surface area contributed by atoms with Crippen LogP contribution < -0.4 is 0 Å². The van der Waals surface area contributed by atoms with E-state index in [-0.39, 0.29) is 17.9 Å². The number of rotatable bonds is 4. The van der Waals surface area contributed by atoms with Crippen LogP contribution in [0.4, 0.5) is 0 Å². The number of amides is 2. The Labute approximate surface area is 154 Å². The average Bonchev–Trinajstić information content (AvgIpc) is 3.02. The van der Waals surface area contributed by atoms with E-state index in [0.717, 1.165) is 19.4 Å². The molecule has 1 aromatic heterocycles. The molecule has 0 spiro atoms. The third kappa shape index (κ3) is 3.80. The second kappa shape index (κ2) is 7.57. The normalized spacial score (nSPS) is 24.5. The summed E-state index contributed by atoms with van der Waals surface area (Å²) < 4.78 is 1.83. The van der Waals surface area contributed by atoms with Gasteiger partial charge in [0, 0.05) is 58.3 Å². The molecule has 142 valence electrons. The lowest BCUT2D eigenvalue weighted by atomic mass is 9.85. The molecule has 0 saturated carbocycles. The lowest BCUT2D eigenvalue weighted by Gasteiger charge is -2.40. The highest BCUT2D eigenvalue weighted by atomic mass is 16.2. The molecular weight excluding hydrogens is 332 g/mol. The van der Waals surface area contributed by atoms with Crippen molar-refractivity contribution in [3.05, 3.63) is 18.0 Å². The Balaban J connectivity index is 1.72. The summed E-state index contributed by atoms with van der Waals surface area (Å²) in [7, 11) is 7.49. The van der Waals surface area contributed by atoms with Gasteiger partial charge < -0.3 is 4.90 Å². The number of aryl methyl sites for hydroxylation is 1. The SMILES string of the molecule is CN(C[C@@H]1CCCN(C)[C@H]1c1cnn(C)c1)C(=O)C1=NN(C)C(=O)CC1. The van der Waals surface area contributed by atoms with E-state index in [1.165, 1.54) is 10.6 Å². The maximum Gasteiger partial charge on any atom is 0.269 e. The average molecular weight is 360 g/mol. The molecule has 0 aromatic carbocycles. The van der Waals surface area contributed by atoms with Crippen molar-refractivity contribution in [2.45, 2.75) is 31.7 Å². The monoisotopic (exact) mass is 360 g/mol. The van der Waals surface area contributed by atoms with Crippen LogP contribution in [0.15, 0.2) is 17.5 Å². The molecule has 0 N–H and O–H groups in total. The highest BCUT2D eigenvalue weighted by Crippen LogP contribution is 2.35. The van der Waals surface area contributed by atoms with Gasteiger partial charge in [-0.25, -0.2) is 5.01 Å². The Kier molecular flexibility index (Phi) is 5.41. The molecule has 2 aliphatic heterocycles. The van der Waals surface area contributed by atoms with E-state index >= 15 is 0 Å². The number of carbonyl (C=O) groups excluding carboxylic acids is 2. The molecule has 8 heteroatoms. The number of likely N-dealkylation sites (tertiary alicyclic amines) is 1. The Morgan fingerprint density at radius 3 is 2.73 bits per heavy atom. The van der Waals surface area contributed by atoms with E-state index in [9.17, 15) is 9.59 Å². The zero-order chi connectivity index (χ0) is 18.8. The Morgan fingerprint density at radius 1 is 1.31 bits per heavy atom. The molecular formula is C18H28N6O2. The molecule has 0 bridgehead atoms.